The monoisotopic (exact) mass is 291 g/mol. The van der Waals surface area contributed by atoms with E-state index in [9.17, 15) is 4.79 Å². The lowest BCUT2D eigenvalue weighted by Crippen LogP contribution is -2.55. The van der Waals surface area contributed by atoms with Gasteiger partial charge in [-0.05, 0) is 40.0 Å². The molecule has 0 amide bonds. The van der Waals surface area contributed by atoms with Crippen molar-refractivity contribution in [2.24, 2.45) is 0 Å². The van der Waals surface area contributed by atoms with E-state index in [1.165, 1.54) is 0 Å². The summed E-state index contributed by atoms with van der Waals surface area (Å²) in [6.45, 7) is 8.35. The molecule has 1 aromatic rings. The number of nitrogens with two attached hydrogens (primary N) is 1. The van der Waals surface area contributed by atoms with Crippen molar-refractivity contribution in [2.75, 3.05) is 37.4 Å². The number of ether oxygens (including phenoxy) is 1. The molecule has 0 bridgehead atoms. The zero-order valence-electron chi connectivity index (χ0n) is 13.3. The van der Waals surface area contributed by atoms with Gasteiger partial charge in [-0.25, -0.2) is 4.79 Å². The average Bonchev–Trinajstić information content (AvgIpc) is 2.44. The van der Waals surface area contributed by atoms with Gasteiger partial charge in [0.25, 0.3) is 0 Å². The second kappa shape index (κ2) is 6.35. The van der Waals surface area contributed by atoms with E-state index in [4.69, 9.17) is 10.5 Å². The van der Waals surface area contributed by atoms with E-state index in [0.29, 0.717) is 29.9 Å². The molecule has 2 N–H and O–H groups in total. The van der Waals surface area contributed by atoms with Gasteiger partial charge in [-0.15, -0.1) is 0 Å². The van der Waals surface area contributed by atoms with Gasteiger partial charge in [0, 0.05) is 25.2 Å². The Morgan fingerprint density at radius 1 is 1.33 bits per heavy atom. The Labute approximate surface area is 126 Å². The standard InChI is InChI=1S/C16H25N3O2/c1-5-21-16(20)13-7-6-8-14(15(13)17)19-9-11(2)18(4)12(3)10-19/h6-8,11-12H,5,9-10,17H2,1-4H3. The maximum Gasteiger partial charge on any atom is 0.340 e. The molecule has 5 heteroatoms. The first kappa shape index (κ1) is 15.6. The maximum absolute atomic E-state index is 12.0. The van der Waals surface area contributed by atoms with Gasteiger partial charge in [0.1, 0.15) is 0 Å². The Bertz CT molecular complexity index is 506. The number of nitrogen functional groups attached to an aromatic ring is 1. The lowest BCUT2D eigenvalue weighted by Gasteiger charge is -2.43. The van der Waals surface area contributed by atoms with Crippen molar-refractivity contribution in [3.05, 3.63) is 23.8 Å². The molecule has 1 aliphatic rings. The van der Waals surface area contributed by atoms with Gasteiger partial charge >= 0.3 is 5.97 Å². The van der Waals surface area contributed by atoms with Crippen LogP contribution in [0.1, 0.15) is 31.1 Å². The smallest absolute Gasteiger partial charge is 0.340 e. The number of hydrogen-bond donors (Lipinski definition) is 1. The van der Waals surface area contributed by atoms with Crippen molar-refractivity contribution in [1.82, 2.24) is 4.90 Å². The van der Waals surface area contributed by atoms with Gasteiger partial charge in [-0.1, -0.05) is 6.07 Å². The molecular weight excluding hydrogens is 266 g/mol. The third-order valence-corrected chi connectivity index (χ3v) is 4.28. The molecule has 1 heterocycles. The van der Waals surface area contributed by atoms with E-state index in [1.54, 1.807) is 13.0 Å². The Hall–Kier alpha value is -1.75. The average molecular weight is 291 g/mol. The van der Waals surface area contributed by atoms with Gasteiger partial charge in [0.2, 0.25) is 0 Å². The zero-order valence-corrected chi connectivity index (χ0v) is 13.3. The molecule has 0 spiro atoms. The van der Waals surface area contributed by atoms with Crippen LogP contribution in [0.5, 0.6) is 0 Å². The summed E-state index contributed by atoms with van der Waals surface area (Å²) >= 11 is 0. The molecule has 1 aliphatic heterocycles. The molecule has 2 unspecified atom stereocenters. The fourth-order valence-electron chi connectivity index (χ4n) is 2.82. The molecule has 0 aromatic heterocycles. The predicted octanol–water partition coefficient (Wildman–Crippen LogP) is 1.97. The van der Waals surface area contributed by atoms with E-state index in [0.717, 1.165) is 18.8 Å². The number of likely N-dealkylation sites (N-methyl/N-ethyl adjacent to an activating group) is 1. The molecule has 5 nitrogen and oxygen atoms in total. The number of rotatable bonds is 3. The van der Waals surface area contributed by atoms with Gasteiger partial charge in [0.15, 0.2) is 0 Å². The molecule has 1 fully saturated rings. The number of esters is 1. The Kier molecular flexibility index (Phi) is 4.73. The van der Waals surface area contributed by atoms with Crippen molar-refractivity contribution >= 4 is 17.3 Å². The summed E-state index contributed by atoms with van der Waals surface area (Å²) in [5.41, 5.74) is 8.10. The maximum atomic E-state index is 12.0. The first-order chi connectivity index (χ1) is 9.95. The molecule has 1 aromatic carbocycles. The van der Waals surface area contributed by atoms with Crippen LogP contribution in [-0.4, -0.2) is 49.7 Å². The summed E-state index contributed by atoms with van der Waals surface area (Å²) in [6.07, 6.45) is 0. The second-order valence-electron chi connectivity index (χ2n) is 5.73. The Balaban J connectivity index is 2.28. The van der Waals surface area contributed by atoms with Crippen LogP contribution in [0, 0.1) is 0 Å². The lowest BCUT2D eigenvalue weighted by molar-refractivity contribution is 0.0527. The largest absolute Gasteiger partial charge is 0.462 e. The Morgan fingerprint density at radius 3 is 2.52 bits per heavy atom. The third kappa shape index (κ3) is 3.13. The summed E-state index contributed by atoms with van der Waals surface area (Å²) in [4.78, 5) is 16.6. The van der Waals surface area contributed by atoms with E-state index in [2.05, 4.69) is 30.7 Å². The highest BCUT2D eigenvalue weighted by molar-refractivity contribution is 5.98. The summed E-state index contributed by atoms with van der Waals surface area (Å²) in [6, 6.07) is 6.45. The minimum atomic E-state index is -0.355. The number of anilines is 2. The highest BCUT2D eigenvalue weighted by Gasteiger charge is 2.28. The van der Waals surface area contributed by atoms with Crippen molar-refractivity contribution in [2.45, 2.75) is 32.9 Å². The summed E-state index contributed by atoms with van der Waals surface area (Å²) in [7, 11) is 2.14. The van der Waals surface area contributed by atoms with E-state index >= 15 is 0 Å². The van der Waals surface area contributed by atoms with Crippen LogP contribution in [-0.2, 0) is 4.74 Å². The fraction of sp³-hybridized carbons (Fsp3) is 0.562. The van der Waals surface area contributed by atoms with Crippen LogP contribution >= 0.6 is 0 Å². The molecule has 21 heavy (non-hydrogen) atoms. The molecule has 2 rings (SSSR count). The van der Waals surface area contributed by atoms with Crippen LogP contribution in [0.15, 0.2) is 18.2 Å². The van der Waals surface area contributed by atoms with Crippen molar-refractivity contribution < 1.29 is 9.53 Å². The molecule has 0 aliphatic carbocycles. The van der Waals surface area contributed by atoms with Crippen LogP contribution in [0.4, 0.5) is 11.4 Å². The first-order valence-corrected chi connectivity index (χ1v) is 7.48. The minimum absolute atomic E-state index is 0.352. The van der Waals surface area contributed by atoms with Crippen LogP contribution in [0.2, 0.25) is 0 Å². The Morgan fingerprint density at radius 2 is 1.95 bits per heavy atom. The molecule has 0 radical (unpaired) electrons. The quantitative estimate of drug-likeness (QED) is 0.681. The number of carbonyl (C=O) groups excluding carboxylic acids is 1. The number of piperazine rings is 1. The number of carbonyl (C=O) groups is 1. The SMILES string of the molecule is CCOC(=O)c1cccc(N2CC(C)N(C)C(C)C2)c1N. The highest BCUT2D eigenvalue weighted by Crippen LogP contribution is 2.30. The number of nitrogens with zero attached hydrogens (tertiary/aromatic N) is 2. The van der Waals surface area contributed by atoms with Gasteiger partial charge in [-0.2, -0.15) is 0 Å². The number of hydrogen-bond acceptors (Lipinski definition) is 5. The van der Waals surface area contributed by atoms with Crippen LogP contribution < -0.4 is 10.6 Å². The topological polar surface area (TPSA) is 58.8 Å². The molecular formula is C16H25N3O2. The van der Waals surface area contributed by atoms with Crippen molar-refractivity contribution in [3.8, 4) is 0 Å². The number of benzene rings is 1. The molecule has 0 saturated carbocycles. The van der Waals surface area contributed by atoms with Gasteiger partial charge in [-0.3, -0.25) is 4.90 Å². The molecule has 1 saturated heterocycles. The minimum Gasteiger partial charge on any atom is -0.462 e. The van der Waals surface area contributed by atoms with Gasteiger partial charge in [0.05, 0.1) is 23.5 Å². The highest BCUT2D eigenvalue weighted by atomic mass is 16.5. The van der Waals surface area contributed by atoms with E-state index in [1.807, 2.05) is 12.1 Å². The van der Waals surface area contributed by atoms with Gasteiger partial charge < -0.3 is 15.4 Å². The fourth-order valence-corrected chi connectivity index (χ4v) is 2.82. The van der Waals surface area contributed by atoms with Crippen molar-refractivity contribution in [1.29, 1.82) is 0 Å². The predicted molar refractivity (Wildman–Crippen MR) is 85.7 cm³/mol. The summed E-state index contributed by atoms with van der Waals surface area (Å²) < 4.78 is 5.06. The van der Waals surface area contributed by atoms with Crippen LogP contribution in [0.25, 0.3) is 0 Å². The normalized spacial score (nSPS) is 23.1. The summed E-state index contributed by atoms with van der Waals surface area (Å²) in [5, 5.41) is 0. The zero-order chi connectivity index (χ0) is 15.6. The molecule has 116 valence electrons. The van der Waals surface area contributed by atoms with E-state index < -0.39 is 0 Å². The third-order valence-electron chi connectivity index (χ3n) is 4.28. The molecule has 2 atom stereocenters. The first-order valence-electron chi connectivity index (χ1n) is 7.48. The van der Waals surface area contributed by atoms with Crippen LogP contribution in [0.3, 0.4) is 0 Å². The summed E-state index contributed by atoms with van der Waals surface area (Å²) in [5.74, 6) is -0.355. The lowest BCUT2D eigenvalue weighted by atomic mass is 10.1. The van der Waals surface area contributed by atoms with E-state index in [-0.39, 0.29) is 5.97 Å². The number of para-hydroxylation sites is 1. The second-order valence-corrected chi connectivity index (χ2v) is 5.73. The van der Waals surface area contributed by atoms with Crippen molar-refractivity contribution in [3.63, 3.8) is 0 Å².